The molecule has 0 bridgehead atoms. The van der Waals surface area contributed by atoms with E-state index in [1.165, 1.54) is 45.2 Å². The van der Waals surface area contributed by atoms with Crippen LogP contribution in [0.3, 0.4) is 0 Å². The van der Waals surface area contributed by atoms with E-state index in [1.807, 2.05) is 0 Å². The zero-order chi connectivity index (χ0) is 14.5. The third-order valence-corrected chi connectivity index (χ3v) is 4.98. The molecule has 1 saturated carbocycles. The van der Waals surface area contributed by atoms with Gasteiger partial charge in [0, 0.05) is 0 Å². The maximum Gasteiger partial charge on any atom is -0.00178 e. The summed E-state index contributed by atoms with van der Waals surface area (Å²) in [5.41, 5.74) is 0.502. The van der Waals surface area contributed by atoms with Crippen molar-refractivity contribution in [1.29, 1.82) is 0 Å². The normalized spacial score (nSPS) is 28.9. The van der Waals surface area contributed by atoms with Gasteiger partial charge in [0.25, 0.3) is 0 Å². The summed E-state index contributed by atoms with van der Waals surface area (Å²) in [5.74, 6) is 3.60. The molecule has 0 aromatic heterocycles. The molecule has 3 atom stereocenters. The van der Waals surface area contributed by atoms with E-state index in [0.29, 0.717) is 5.41 Å². The molecule has 1 N–H and O–H groups in total. The molecule has 0 spiro atoms. The van der Waals surface area contributed by atoms with Gasteiger partial charge in [0.15, 0.2) is 0 Å². The highest BCUT2D eigenvalue weighted by Crippen LogP contribution is 2.44. The molecule has 1 aliphatic rings. The minimum Gasteiger partial charge on any atom is -0.316 e. The van der Waals surface area contributed by atoms with Crippen LogP contribution in [0.15, 0.2) is 0 Å². The van der Waals surface area contributed by atoms with Gasteiger partial charge in [0.05, 0.1) is 0 Å². The van der Waals surface area contributed by atoms with Crippen LogP contribution in [0, 0.1) is 29.1 Å². The van der Waals surface area contributed by atoms with Gasteiger partial charge in [-0.1, -0.05) is 54.4 Å². The van der Waals surface area contributed by atoms with Crippen molar-refractivity contribution in [2.45, 2.75) is 73.6 Å². The monoisotopic (exact) mass is 267 g/mol. The van der Waals surface area contributed by atoms with Crippen molar-refractivity contribution in [2.24, 2.45) is 29.1 Å². The van der Waals surface area contributed by atoms with Crippen molar-refractivity contribution < 1.29 is 0 Å². The van der Waals surface area contributed by atoms with Gasteiger partial charge < -0.3 is 5.32 Å². The molecule has 3 unspecified atom stereocenters. The lowest BCUT2D eigenvalue weighted by Crippen LogP contribution is -2.37. The molecule has 1 aliphatic carbocycles. The summed E-state index contributed by atoms with van der Waals surface area (Å²) in [4.78, 5) is 0. The van der Waals surface area contributed by atoms with E-state index in [0.717, 1.165) is 23.7 Å². The zero-order valence-corrected chi connectivity index (χ0v) is 14.3. The Morgan fingerprint density at radius 2 is 1.79 bits per heavy atom. The highest BCUT2D eigenvalue weighted by atomic mass is 14.9. The maximum absolute atomic E-state index is 3.70. The minimum atomic E-state index is 0.502. The fourth-order valence-corrected chi connectivity index (χ4v) is 3.66. The van der Waals surface area contributed by atoms with E-state index in [2.05, 4.69) is 46.9 Å². The second-order valence-electron chi connectivity index (χ2n) is 8.24. The summed E-state index contributed by atoms with van der Waals surface area (Å²) in [6.07, 6.45) is 7.13. The second-order valence-corrected chi connectivity index (χ2v) is 8.24. The predicted molar refractivity (Wildman–Crippen MR) is 86.4 cm³/mol. The van der Waals surface area contributed by atoms with Crippen LogP contribution < -0.4 is 5.32 Å². The molecule has 0 amide bonds. The van der Waals surface area contributed by atoms with Gasteiger partial charge in [0.2, 0.25) is 0 Å². The van der Waals surface area contributed by atoms with E-state index >= 15 is 0 Å². The third-order valence-electron chi connectivity index (χ3n) is 4.98. The van der Waals surface area contributed by atoms with Crippen LogP contribution in [0.2, 0.25) is 0 Å². The Bertz CT molecular complexity index is 239. The summed E-state index contributed by atoms with van der Waals surface area (Å²) in [6, 6.07) is 0. The molecule has 0 aromatic rings. The molecule has 0 aliphatic heterocycles. The van der Waals surface area contributed by atoms with Crippen LogP contribution in [-0.4, -0.2) is 13.1 Å². The number of nitrogens with one attached hydrogen (secondary N) is 1. The first-order valence-electron chi connectivity index (χ1n) is 8.55. The van der Waals surface area contributed by atoms with Gasteiger partial charge in [-0.2, -0.15) is 0 Å². The van der Waals surface area contributed by atoms with Crippen molar-refractivity contribution in [3.05, 3.63) is 0 Å². The van der Waals surface area contributed by atoms with Crippen molar-refractivity contribution in [1.82, 2.24) is 5.32 Å². The van der Waals surface area contributed by atoms with Crippen molar-refractivity contribution in [3.63, 3.8) is 0 Å². The second kappa shape index (κ2) is 7.67. The number of hydrogen-bond donors (Lipinski definition) is 1. The van der Waals surface area contributed by atoms with Crippen molar-refractivity contribution in [2.75, 3.05) is 13.1 Å². The molecule has 114 valence electrons. The number of hydrogen-bond acceptors (Lipinski definition) is 1. The predicted octanol–water partition coefficient (Wildman–Crippen LogP) is 5.11. The lowest BCUT2D eigenvalue weighted by atomic mass is 9.64. The Morgan fingerprint density at radius 3 is 2.32 bits per heavy atom. The molecule has 0 saturated heterocycles. The van der Waals surface area contributed by atoms with Crippen LogP contribution >= 0.6 is 0 Å². The summed E-state index contributed by atoms with van der Waals surface area (Å²) in [6.45, 7) is 16.7. The van der Waals surface area contributed by atoms with Gasteiger partial charge in [-0.25, -0.2) is 0 Å². The maximum atomic E-state index is 3.70. The summed E-state index contributed by atoms with van der Waals surface area (Å²) in [5, 5.41) is 3.70. The molecule has 1 nitrogen and oxygen atoms in total. The van der Waals surface area contributed by atoms with E-state index < -0.39 is 0 Å². The van der Waals surface area contributed by atoms with Crippen LogP contribution in [-0.2, 0) is 0 Å². The van der Waals surface area contributed by atoms with Gasteiger partial charge in [-0.05, 0) is 61.4 Å². The van der Waals surface area contributed by atoms with Gasteiger partial charge >= 0.3 is 0 Å². The molecule has 19 heavy (non-hydrogen) atoms. The van der Waals surface area contributed by atoms with Crippen molar-refractivity contribution in [3.8, 4) is 0 Å². The van der Waals surface area contributed by atoms with Gasteiger partial charge in [-0.3, -0.25) is 0 Å². The zero-order valence-electron chi connectivity index (χ0n) is 14.3. The molecule has 0 aromatic carbocycles. The topological polar surface area (TPSA) is 12.0 Å². The van der Waals surface area contributed by atoms with Crippen molar-refractivity contribution >= 4 is 0 Å². The molecular weight excluding hydrogens is 230 g/mol. The van der Waals surface area contributed by atoms with E-state index in [4.69, 9.17) is 0 Å². The third kappa shape index (κ3) is 5.85. The van der Waals surface area contributed by atoms with Crippen LogP contribution in [0.5, 0.6) is 0 Å². The lowest BCUT2D eigenvalue weighted by Gasteiger charge is -2.42. The Hall–Kier alpha value is -0.0400. The average molecular weight is 268 g/mol. The summed E-state index contributed by atoms with van der Waals surface area (Å²) in [7, 11) is 0. The number of rotatable bonds is 6. The quantitative estimate of drug-likeness (QED) is 0.705. The van der Waals surface area contributed by atoms with E-state index in [1.54, 1.807) is 0 Å². The first-order chi connectivity index (χ1) is 8.84. The lowest BCUT2D eigenvalue weighted by molar-refractivity contribution is 0.0918. The van der Waals surface area contributed by atoms with Crippen LogP contribution in [0.25, 0.3) is 0 Å². The Morgan fingerprint density at radius 1 is 1.11 bits per heavy atom. The van der Waals surface area contributed by atoms with E-state index in [9.17, 15) is 0 Å². The average Bonchev–Trinajstić information content (AvgIpc) is 2.29. The van der Waals surface area contributed by atoms with Crippen LogP contribution in [0.1, 0.15) is 73.6 Å². The molecule has 1 heteroatoms. The van der Waals surface area contributed by atoms with E-state index in [-0.39, 0.29) is 0 Å². The minimum absolute atomic E-state index is 0.502. The first-order valence-corrected chi connectivity index (χ1v) is 8.55. The molecule has 0 heterocycles. The molecule has 1 fully saturated rings. The largest absolute Gasteiger partial charge is 0.316 e. The Balaban J connectivity index is 2.48. The SMILES string of the molecule is CCCC1CC(C(C)(C)C)CCC1CNCC(C)C. The summed E-state index contributed by atoms with van der Waals surface area (Å²) >= 11 is 0. The smallest absolute Gasteiger partial charge is 0.00178 e. The van der Waals surface area contributed by atoms with Gasteiger partial charge in [-0.15, -0.1) is 0 Å². The first kappa shape index (κ1) is 17.0. The fraction of sp³-hybridized carbons (Fsp3) is 1.00. The molecule has 0 radical (unpaired) electrons. The molecular formula is C18H37N. The fourth-order valence-electron chi connectivity index (χ4n) is 3.66. The van der Waals surface area contributed by atoms with Crippen LogP contribution in [0.4, 0.5) is 0 Å². The molecule has 1 rings (SSSR count). The van der Waals surface area contributed by atoms with Gasteiger partial charge in [0.1, 0.15) is 0 Å². The highest BCUT2D eigenvalue weighted by Gasteiger charge is 2.35. The Labute approximate surface area is 121 Å². The standard InChI is InChI=1S/C18H37N/c1-7-8-15-11-17(18(4,5)6)10-9-16(15)13-19-12-14(2)3/h14-17,19H,7-13H2,1-6H3. The highest BCUT2D eigenvalue weighted by molar-refractivity contribution is 4.86. The Kier molecular flexibility index (Phi) is 6.86. The summed E-state index contributed by atoms with van der Waals surface area (Å²) < 4.78 is 0.